The average Bonchev–Trinajstić information content (AvgIpc) is 2.99. The number of hydrogen-bond donors (Lipinski definition) is 1. The number of nitrogens with one attached hydrogen (secondary N) is 1. The lowest BCUT2D eigenvalue weighted by atomic mass is 10.0. The molecule has 5 nitrogen and oxygen atoms in total. The van der Waals surface area contributed by atoms with Gasteiger partial charge in [-0.1, -0.05) is 24.3 Å². The summed E-state index contributed by atoms with van der Waals surface area (Å²) in [6.07, 6.45) is 3.36. The van der Waals surface area contributed by atoms with Crippen molar-refractivity contribution in [2.45, 2.75) is 6.54 Å². The van der Waals surface area contributed by atoms with Crippen LogP contribution in [-0.4, -0.2) is 41.2 Å². The predicted octanol–water partition coefficient (Wildman–Crippen LogP) is 2.99. The van der Waals surface area contributed by atoms with Gasteiger partial charge in [-0.2, -0.15) is 5.10 Å². The van der Waals surface area contributed by atoms with E-state index in [2.05, 4.69) is 15.3 Å². The number of carbonyl (C=O) groups excluding carboxylic acids is 1. The van der Waals surface area contributed by atoms with Crippen molar-refractivity contribution in [3.63, 3.8) is 0 Å². The minimum atomic E-state index is -0.430. The maximum absolute atomic E-state index is 13.8. The van der Waals surface area contributed by atoms with E-state index in [0.29, 0.717) is 16.6 Å². The van der Waals surface area contributed by atoms with Crippen molar-refractivity contribution in [1.29, 1.82) is 0 Å². The molecule has 0 spiro atoms. The van der Waals surface area contributed by atoms with Gasteiger partial charge in [0.05, 0.1) is 24.0 Å². The summed E-state index contributed by atoms with van der Waals surface area (Å²) in [6, 6.07) is 9.92. The van der Waals surface area contributed by atoms with Gasteiger partial charge in [-0.3, -0.25) is 9.48 Å². The fourth-order valence-electron chi connectivity index (χ4n) is 2.51. The lowest BCUT2D eigenvalue weighted by Gasteiger charge is -2.09. The third-order valence-corrected chi connectivity index (χ3v) is 3.74. The number of fused-ring (bicyclic) bond motifs is 1. The molecule has 24 heavy (non-hydrogen) atoms. The van der Waals surface area contributed by atoms with Crippen molar-refractivity contribution in [1.82, 2.24) is 14.7 Å². The van der Waals surface area contributed by atoms with E-state index >= 15 is 0 Å². The molecule has 0 aliphatic rings. The van der Waals surface area contributed by atoms with Gasteiger partial charge in [0.25, 0.3) is 5.91 Å². The van der Waals surface area contributed by atoms with Crippen LogP contribution in [0.25, 0.3) is 10.8 Å². The third-order valence-electron chi connectivity index (χ3n) is 3.74. The highest BCUT2D eigenvalue weighted by atomic mass is 19.1. The second-order valence-electron chi connectivity index (χ2n) is 5.92. The van der Waals surface area contributed by atoms with Crippen LogP contribution in [0.2, 0.25) is 0 Å². The zero-order valence-corrected chi connectivity index (χ0v) is 13.7. The number of carbonyl (C=O) groups is 1. The molecule has 0 aliphatic carbocycles. The lowest BCUT2D eigenvalue weighted by molar-refractivity contribution is 0.102. The quantitative estimate of drug-likeness (QED) is 0.784. The van der Waals surface area contributed by atoms with E-state index in [9.17, 15) is 9.18 Å². The van der Waals surface area contributed by atoms with E-state index < -0.39 is 5.82 Å². The van der Waals surface area contributed by atoms with Crippen LogP contribution in [0, 0.1) is 5.82 Å². The molecule has 0 bridgehead atoms. The summed E-state index contributed by atoms with van der Waals surface area (Å²) in [4.78, 5) is 14.6. The van der Waals surface area contributed by atoms with E-state index in [1.165, 1.54) is 12.1 Å². The largest absolute Gasteiger partial charge is 0.319 e. The SMILES string of the molecule is CN(C)CCn1cc(NC(=O)c2cc(F)cc3ccccc23)cn1. The zero-order chi connectivity index (χ0) is 17.1. The predicted molar refractivity (Wildman–Crippen MR) is 92.6 cm³/mol. The molecule has 1 N–H and O–H groups in total. The molecular formula is C18H19FN4O. The molecule has 0 aliphatic heterocycles. The molecular weight excluding hydrogens is 307 g/mol. The summed E-state index contributed by atoms with van der Waals surface area (Å²) < 4.78 is 15.5. The third kappa shape index (κ3) is 3.60. The molecule has 0 saturated heterocycles. The number of likely N-dealkylation sites (N-methyl/N-ethyl adjacent to an activating group) is 1. The summed E-state index contributed by atoms with van der Waals surface area (Å²) >= 11 is 0. The molecule has 0 fully saturated rings. The number of hydrogen-bond acceptors (Lipinski definition) is 3. The molecule has 6 heteroatoms. The fraction of sp³-hybridized carbons (Fsp3) is 0.222. The summed E-state index contributed by atoms with van der Waals surface area (Å²) in [5.41, 5.74) is 0.902. The molecule has 3 aromatic rings. The Morgan fingerprint density at radius 1 is 1.29 bits per heavy atom. The number of anilines is 1. The Bertz CT molecular complexity index is 872. The highest BCUT2D eigenvalue weighted by Crippen LogP contribution is 2.21. The highest BCUT2D eigenvalue weighted by Gasteiger charge is 2.13. The van der Waals surface area contributed by atoms with Gasteiger partial charge in [-0.05, 0) is 37.0 Å². The average molecular weight is 326 g/mol. The number of halogens is 1. The minimum absolute atomic E-state index is 0.312. The number of benzene rings is 2. The van der Waals surface area contributed by atoms with Crippen LogP contribution in [0.1, 0.15) is 10.4 Å². The minimum Gasteiger partial charge on any atom is -0.319 e. The Hall–Kier alpha value is -2.73. The monoisotopic (exact) mass is 326 g/mol. The Morgan fingerprint density at radius 2 is 2.08 bits per heavy atom. The molecule has 1 aromatic heterocycles. The van der Waals surface area contributed by atoms with Crippen molar-refractivity contribution in [3.8, 4) is 0 Å². The first-order chi connectivity index (χ1) is 11.5. The van der Waals surface area contributed by atoms with Crippen LogP contribution < -0.4 is 5.32 Å². The van der Waals surface area contributed by atoms with Gasteiger partial charge in [-0.25, -0.2) is 4.39 Å². The van der Waals surface area contributed by atoms with Crippen molar-refractivity contribution < 1.29 is 9.18 Å². The first-order valence-corrected chi connectivity index (χ1v) is 7.70. The molecule has 0 saturated carbocycles. The molecule has 2 aromatic carbocycles. The maximum Gasteiger partial charge on any atom is 0.256 e. The molecule has 0 unspecified atom stereocenters. The number of aromatic nitrogens is 2. The van der Waals surface area contributed by atoms with Crippen LogP contribution in [-0.2, 0) is 6.54 Å². The molecule has 1 heterocycles. The van der Waals surface area contributed by atoms with Gasteiger partial charge in [0.15, 0.2) is 0 Å². The number of rotatable bonds is 5. The summed E-state index contributed by atoms with van der Waals surface area (Å²) in [7, 11) is 3.97. The Labute approximate surface area is 139 Å². The number of amides is 1. The Morgan fingerprint density at radius 3 is 2.88 bits per heavy atom. The zero-order valence-electron chi connectivity index (χ0n) is 13.7. The smallest absolute Gasteiger partial charge is 0.256 e. The summed E-state index contributed by atoms with van der Waals surface area (Å²) in [5, 5.41) is 8.42. The van der Waals surface area contributed by atoms with Crippen LogP contribution in [0.3, 0.4) is 0 Å². The van der Waals surface area contributed by atoms with E-state index in [1.807, 2.05) is 32.3 Å². The van der Waals surface area contributed by atoms with Crippen molar-refractivity contribution >= 4 is 22.4 Å². The van der Waals surface area contributed by atoms with Gasteiger partial charge in [0, 0.05) is 12.7 Å². The first-order valence-electron chi connectivity index (χ1n) is 7.70. The van der Waals surface area contributed by atoms with Crippen LogP contribution >= 0.6 is 0 Å². The van der Waals surface area contributed by atoms with Crippen LogP contribution in [0.5, 0.6) is 0 Å². The second kappa shape index (κ2) is 6.80. The van der Waals surface area contributed by atoms with Gasteiger partial charge in [0.2, 0.25) is 0 Å². The van der Waals surface area contributed by atoms with Crippen molar-refractivity contribution in [3.05, 3.63) is 60.2 Å². The molecule has 0 radical (unpaired) electrons. The number of nitrogens with zero attached hydrogens (tertiary/aromatic N) is 3. The van der Waals surface area contributed by atoms with E-state index in [4.69, 9.17) is 0 Å². The van der Waals surface area contributed by atoms with Gasteiger partial charge in [-0.15, -0.1) is 0 Å². The lowest BCUT2D eigenvalue weighted by Crippen LogP contribution is -2.18. The standard InChI is InChI=1S/C18H19FN4O/c1-22(2)7-8-23-12-15(11-20-23)21-18(24)17-10-14(19)9-13-5-3-4-6-16(13)17/h3-6,9-12H,7-8H2,1-2H3,(H,21,24). The summed E-state index contributed by atoms with van der Waals surface area (Å²) in [6.45, 7) is 1.58. The van der Waals surface area contributed by atoms with E-state index in [1.54, 1.807) is 23.1 Å². The van der Waals surface area contributed by atoms with Crippen molar-refractivity contribution in [2.75, 3.05) is 26.0 Å². The topological polar surface area (TPSA) is 50.2 Å². The first kappa shape index (κ1) is 16.1. The second-order valence-corrected chi connectivity index (χ2v) is 5.92. The normalized spacial score (nSPS) is 11.2. The molecule has 1 amide bonds. The van der Waals surface area contributed by atoms with Gasteiger partial charge >= 0.3 is 0 Å². The fourth-order valence-corrected chi connectivity index (χ4v) is 2.51. The van der Waals surface area contributed by atoms with E-state index in [0.717, 1.165) is 18.5 Å². The summed E-state index contributed by atoms with van der Waals surface area (Å²) in [5.74, 6) is -0.779. The molecule has 0 atom stereocenters. The van der Waals surface area contributed by atoms with Crippen LogP contribution in [0.4, 0.5) is 10.1 Å². The highest BCUT2D eigenvalue weighted by molar-refractivity contribution is 6.12. The van der Waals surface area contributed by atoms with Crippen molar-refractivity contribution in [2.24, 2.45) is 0 Å². The maximum atomic E-state index is 13.8. The van der Waals surface area contributed by atoms with Gasteiger partial charge in [0.1, 0.15) is 5.82 Å². The molecule has 3 rings (SSSR count). The molecule has 124 valence electrons. The van der Waals surface area contributed by atoms with E-state index in [-0.39, 0.29) is 5.91 Å². The van der Waals surface area contributed by atoms with Crippen LogP contribution in [0.15, 0.2) is 48.8 Å². The Kier molecular flexibility index (Phi) is 4.57. The van der Waals surface area contributed by atoms with Gasteiger partial charge < -0.3 is 10.2 Å². The Balaban J connectivity index is 1.80.